The lowest BCUT2D eigenvalue weighted by Gasteiger charge is -2.31. The SMILES string of the molecule is Cc1ccc(S(=O)(=O)N2CCC(NC(=O)CCC(C)C)CC2)cc1. The van der Waals surface area contributed by atoms with Gasteiger partial charge in [-0.1, -0.05) is 31.5 Å². The summed E-state index contributed by atoms with van der Waals surface area (Å²) in [6.07, 6.45) is 2.75. The maximum atomic E-state index is 12.6. The van der Waals surface area contributed by atoms with E-state index < -0.39 is 10.0 Å². The molecule has 1 aliphatic heterocycles. The molecule has 1 saturated heterocycles. The van der Waals surface area contributed by atoms with Crippen LogP contribution in [0.3, 0.4) is 0 Å². The minimum Gasteiger partial charge on any atom is -0.353 e. The highest BCUT2D eigenvalue weighted by Crippen LogP contribution is 2.21. The van der Waals surface area contributed by atoms with Crippen LogP contribution in [0, 0.1) is 12.8 Å². The average Bonchev–Trinajstić information content (AvgIpc) is 2.54. The first-order valence-corrected chi connectivity index (χ1v) is 10.1. The third-order valence-electron chi connectivity index (χ3n) is 4.43. The zero-order valence-corrected chi connectivity index (χ0v) is 15.6. The van der Waals surface area contributed by atoms with Crippen LogP contribution in [0.4, 0.5) is 0 Å². The highest BCUT2D eigenvalue weighted by molar-refractivity contribution is 7.89. The molecule has 6 heteroatoms. The second kappa shape index (κ2) is 8.12. The molecule has 0 spiro atoms. The number of rotatable bonds is 6. The molecule has 1 aromatic carbocycles. The molecule has 1 N–H and O–H groups in total. The van der Waals surface area contributed by atoms with Crippen molar-refractivity contribution in [1.29, 1.82) is 0 Å². The molecule has 0 bridgehead atoms. The fraction of sp³-hybridized carbons (Fsp3) is 0.611. The van der Waals surface area contributed by atoms with Gasteiger partial charge in [-0.05, 0) is 44.2 Å². The Bertz CT molecular complexity index is 645. The summed E-state index contributed by atoms with van der Waals surface area (Å²) >= 11 is 0. The molecule has 134 valence electrons. The molecule has 0 aromatic heterocycles. The van der Waals surface area contributed by atoms with Crippen molar-refractivity contribution in [3.63, 3.8) is 0 Å². The predicted molar refractivity (Wildman–Crippen MR) is 95.2 cm³/mol. The molecule has 1 aliphatic rings. The van der Waals surface area contributed by atoms with Gasteiger partial charge in [-0.15, -0.1) is 0 Å². The molecule has 1 fully saturated rings. The van der Waals surface area contributed by atoms with Crippen LogP contribution in [0.5, 0.6) is 0 Å². The summed E-state index contributed by atoms with van der Waals surface area (Å²) < 4.78 is 26.8. The van der Waals surface area contributed by atoms with E-state index in [4.69, 9.17) is 0 Å². The van der Waals surface area contributed by atoms with Crippen LogP contribution in [0.1, 0.15) is 45.1 Å². The Morgan fingerprint density at radius 1 is 1.21 bits per heavy atom. The van der Waals surface area contributed by atoms with E-state index in [0.29, 0.717) is 43.2 Å². The van der Waals surface area contributed by atoms with Crippen LogP contribution < -0.4 is 5.32 Å². The lowest BCUT2D eigenvalue weighted by Crippen LogP contribution is -2.46. The van der Waals surface area contributed by atoms with Gasteiger partial charge in [0, 0.05) is 25.6 Å². The fourth-order valence-corrected chi connectivity index (χ4v) is 4.29. The molecule has 0 radical (unpaired) electrons. The van der Waals surface area contributed by atoms with Gasteiger partial charge in [0.25, 0.3) is 0 Å². The van der Waals surface area contributed by atoms with Crippen molar-refractivity contribution in [2.24, 2.45) is 5.92 Å². The Morgan fingerprint density at radius 3 is 2.33 bits per heavy atom. The van der Waals surface area contributed by atoms with Gasteiger partial charge >= 0.3 is 0 Å². The Balaban J connectivity index is 1.88. The summed E-state index contributed by atoms with van der Waals surface area (Å²) in [6.45, 7) is 7.03. The highest BCUT2D eigenvalue weighted by Gasteiger charge is 2.29. The van der Waals surface area contributed by atoms with Crippen molar-refractivity contribution < 1.29 is 13.2 Å². The fourth-order valence-electron chi connectivity index (χ4n) is 2.82. The monoisotopic (exact) mass is 352 g/mol. The number of nitrogens with one attached hydrogen (secondary N) is 1. The second-order valence-corrected chi connectivity index (χ2v) is 8.93. The van der Waals surface area contributed by atoms with E-state index in [0.717, 1.165) is 12.0 Å². The topological polar surface area (TPSA) is 66.5 Å². The summed E-state index contributed by atoms with van der Waals surface area (Å²) in [5.41, 5.74) is 1.04. The first-order chi connectivity index (χ1) is 11.3. The molecule has 1 amide bonds. The standard InChI is InChI=1S/C18H28N2O3S/c1-14(2)4-9-18(21)19-16-10-12-20(13-11-16)24(22,23)17-7-5-15(3)6-8-17/h5-8,14,16H,4,9-13H2,1-3H3,(H,19,21). The quantitative estimate of drug-likeness (QED) is 0.856. The minimum atomic E-state index is -3.43. The smallest absolute Gasteiger partial charge is 0.243 e. The molecule has 1 aromatic rings. The van der Waals surface area contributed by atoms with Crippen LogP contribution in [0.25, 0.3) is 0 Å². The third-order valence-corrected chi connectivity index (χ3v) is 6.34. The molecule has 0 atom stereocenters. The van der Waals surface area contributed by atoms with Crippen molar-refractivity contribution >= 4 is 15.9 Å². The molecule has 2 rings (SSSR count). The van der Waals surface area contributed by atoms with Gasteiger partial charge < -0.3 is 5.32 Å². The summed E-state index contributed by atoms with van der Waals surface area (Å²) in [6, 6.07) is 7.02. The lowest BCUT2D eigenvalue weighted by molar-refractivity contribution is -0.122. The van der Waals surface area contributed by atoms with Crippen LogP contribution in [0.15, 0.2) is 29.2 Å². The Kier molecular flexibility index (Phi) is 6.40. The maximum Gasteiger partial charge on any atom is 0.243 e. The molecule has 24 heavy (non-hydrogen) atoms. The number of sulfonamides is 1. The van der Waals surface area contributed by atoms with Gasteiger partial charge in [-0.3, -0.25) is 4.79 Å². The van der Waals surface area contributed by atoms with Gasteiger partial charge in [0.2, 0.25) is 15.9 Å². The molecule has 5 nitrogen and oxygen atoms in total. The van der Waals surface area contributed by atoms with Crippen LogP contribution in [-0.4, -0.2) is 37.8 Å². The first-order valence-electron chi connectivity index (χ1n) is 8.65. The van der Waals surface area contributed by atoms with E-state index in [2.05, 4.69) is 19.2 Å². The number of piperidine rings is 1. The van der Waals surface area contributed by atoms with Crippen molar-refractivity contribution in [1.82, 2.24) is 9.62 Å². The molecular weight excluding hydrogens is 324 g/mol. The Hall–Kier alpha value is -1.40. The number of hydrogen-bond donors (Lipinski definition) is 1. The average molecular weight is 353 g/mol. The van der Waals surface area contributed by atoms with E-state index in [1.165, 1.54) is 4.31 Å². The number of aryl methyl sites for hydroxylation is 1. The van der Waals surface area contributed by atoms with Crippen LogP contribution in [-0.2, 0) is 14.8 Å². The summed E-state index contributed by atoms with van der Waals surface area (Å²) in [5, 5.41) is 3.03. The normalized spacial score (nSPS) is 17.2. The molecule has 0 unspecified atom stereocenters. The van der Waals surface area contributed by atoms with E-state index in [9.17, 15) is 13.2 Å². The summed E-state index contributed by atoms with van der Waals surface area (Å²) in [4.78, 5) is 12.2. The van der Waals surface area contributed by atoms with Gasteiger partial charge in [-0.25, -0.2) is 8.42 Å². The summed E-state index contributed by atoms with van der Waals surface area (Å²) in [5.74, 6) is 0.584. The van der Waals surface area contributed by atoms with Gasteiger partial charge in [0.15, 0.2) is 0 Å². The first kappa shape index (κ1) is 18.9. The third kappa shape index (κ3) is 5.05. The van der Waals surface area contributed by atoms with Crippen molar-refractivity contribution in [2.45, 2.75) is 57.4 Å². The summed E-state index contributed by atoms with van der Waals surface area (Å²) in [7, 11) is -3.43. The van der Waals surface area contributed by atoms with E-state index in [1.54, 1.807) is 12.1 Å². The molecule has 1 heterocycles. The Labute approximate surface area is 145 Å². The molecule has 0 saturated carbocycles. The Morgan fingerprint density at radius 2 is 1.79 bits per heavy atom. The maximum absolute atomic E-state index is 12.6. The zero-order chi connectivity index (χ0) is 17.7. The predicted octanol–water partition coefficient (Wildman–Crippen LogP) is 2.70. The van der Waals surface area contributed by atoms with Gasteiger partial charge in [0.05, 0.1) is 4.90 Å². The number of hydrogen-bond acceptors (Lipinski definition) is 3. The van der Waals surface area contributed by atoms with Gasteiger partial charge in [0.1, 0.15) is 0 Å². The largest absolute Gasteiger partial charge is 0.353 e. The zero-order valence-electron chi connectivity index (χ0n) is 14.8. The molecule has 0 aliphatic carbocycles. The minimum absolute atomic E-state index is 0.0727. The van der Waals surface area contributed by atoms with Crippen molar-refractivity contribution in [3.05, 3.63) is 29.8 Å². The highest BCUT2D eigenvalue weighted by atomic mass is 32.2. The van der Waals surface area contributed by atoms with Crippen molar-refractivity contribution in [3.8, 4) is 0 Å². The molecular formula is C18H28N2O3S. The number of amides is 1. The van der Waals surface area contributed by atoms with Crippen LogP contribution in [0.2, 0.25) is 0 Å². The van der Waals surface area contributed by atoms with E-state index in [-0.39, 0.29) is 11.9 Å². The van der Waals surface area contributed by atoms with E-state index >= 15 is 0 Å². The second-order valence-electron chi connectivity index (χ2n) is 6.99. The number of carbonyl (C=O) groups excluding carboxylic acids is 1. The van der Waals surface area contributed by atoms with Crippen molar-refractivity contribution in [2.75, 3.05) is 13.1 Å². The van der Waals surface area contributed by atoms with Gasteiger partial charge in [-0.2, -0.15) is 4.31 Å². The number of nitrogens with zero attached hydrogens (tertiary/aromatic N) is 1. The van der Waals surface area contributed by atoms with E-state index in [1.807, 2.05) is 19.1 Å². The number of carbonyl (C=O) groups is 1. The number of benzene rings is 1. The lowest BCUT2D eigenvalue weighted by atomic mass is 10.0. The van der Waals surface area contributed by atoms with Crippen LogP contribution >= 0.6 is 0 Å².